The van der Waals surface area contributed by atoms with E-state index in [1.165, 1.54) is 0 Å². The van der Waals surface area contributed by atoms with Crippen molar-refractivity contribution in [1.82, 2.24) is 5.32 Å². The third-order valence-electron chi connectivity index (χ3n) is 3.10. The normalized spacial score (nSPS) is 12.7. The molecule has 1 aliphatic rings. The standard InChI is InChI=1S/C15H13BrClNO2/c16-12-3-2-11(13(17)6-12)8-18-7-10-1-4-14-15(5-10)20-9-19-14/h1-6,18H,7-9H2. The van der Waals surface area contributed by atoms with Crippen LogP contribution in [0.15, 0.2) is 40.9 Å². The molecule has 1 heterocycles. The summed E-state index contributed by atoms with van der Waals surface area (Å²) in [6, 6.07) is 11.9. The smallest absolute Gasteiger partial charge is 0.231 e. The highest BCUT2D eigenvalue weighted by atomic mass is 79.9. The first-order valence-corrected chi connectivity index (χ1v) is 7.42. The Morgan fingerprint density at radius 3 is 2.75 bits per heavy atom. The number of hydrogen-bond donors (Lipinski definition) is 1. The van der Waals surface area contributed by atoms with Gasteiger partial charge in [0.1, 0.15) is 0 Å². The molecule has 0 unspecified atom stereocenters. The first-order valence-electron chi connectivity index (χ1n) is 6.25. The summed E-state index contributed by atoms with van der Waals surface area (Å²) in [5.41, 5.74) is 2.23. The van der Waals surface area contributed by atoms with Crippen LogP contribution >= 0.6 is 27.5 Å². The van der Waals surface area contributed by atoms with E-state index >= 15 is 0 Å². The van der Waals surface area contributed by atoms with Crippen molar-refractivity contribution in [2.75, 3.05) is 6.79 Å². The lowest BCUT2D eigenvalue weighted by atomic mass is 10.2. The van der Waals surface area contributed by atoms with Gasteiger partial charge in [-0.15, -0.1) is 0 Å². The monoisotopic (exact) mass is 353 g/mol. The van der Waals surface area contributed by atoms with E-state index in [-0.39, 0.29) is 0 Å². The second-order valence-corrected chi connectivity index (χ2v) is 5.85. The molecule has 0 saturated heterocycles. The maximum absolute atomic E-state index is 6.18. The van der Waals surface area contributed by atoms with Gasteiger partial charge >= 0.3 is 0 Å². The Balaban J connectivity index is 1.60. The van der Waals surface area contributed by atoms with Gasteiger partial charge in [0.2, 0.25) is 6.79 Å². The topological polar surface area (TPSA) is 30.5 Å². The summed E-state index contributed by atoms with van der Waals surface area (Å²) in [6.45, 7) is 1.78. The third-order valence-corrected chi connectivity index (χ3v) is 3.94. The van der Waals surface area contributed by atoms with Gasteiger partial charge in [0.15, 0.2) is 11.5 Å². The summed E-state index contributed by atoms with van der Waals surface area (Å²) < 4.78 is 11.6. The molecule has 0 atom stereocenters. The van der Waals surface area contributed by atoms with E-state index in [2.05, 4.69) is 21.2 Å². The molecule has 3 rings (SSSR count). The molecule has 2 aromatic rings. The van der Waals surface area contributed by atoms with Gasteiger partial charge in [-0.2, -0.15) is 0 Å². The Labute approximate surface area is 131 Å². The molecule has 1 aliphatic heterocycles. The third kappa shape index (κ3) is 3.08. The molecule has 0 bridgehead atoms. The lowest BCUT2D eigenvalue weighted by molar-refractivity contribution is 0.174. The van der Waals surface area contributed by atoms with Gasteiger partial charge in [0.05, 0.1) is 0 Å². The molecule has 0 radical (unpaired) electrons. The quantitative estimate of drug-likeness (QED) is 0.896. The van der Waals surface area contributed by atoms with E-state index in [0.717, 1.165) is 45.2 Å². The first kappa shape index (κ1) is 13.7. The van der Waals surface area contributed by atoms with Crippen LogP contribution < -0.4 is 14.8 Å². The first-order chi connectivity index (χ1) is 9.72. The van der Waals surface area contributed by atoms with Crippen LogP contribution in [0.5, 0.6) is 11.5 Å². The summed E-state index contributed by atoms with van der Waals surface area (Å²) in [7, 11) is 0. The van der Waals surface area contributed by atoms with Crippen molar-refractivity contribution in [3.8, 4) is 11.5 Å². The molecule has 0 saturated carbocycles. The van der Waals surface area contributed by atoms with Gasteiger partial charge < -0.3 is 14.8 Å². The van der Waals surface area contributed by atoms with Gasteiger partial charge in [-0.05, 0) is 35.4 Å². The minimum absolute atomic E-state index is 0.306. The average Bonchev–Trinajstić information content (AvgIpc) is 2.89. The molecule has 0 amide bonds. The summed E-state index contributed by atoms with van der Waals surface area (Å²) in [4.78, 5) is 0. The van der Waals surface area contributed by atoms with Crippen LogP contribution in [0.4, 0.5) is 0 Å². The van der Waals surface area contributed by atoms with Crippen molar-refractivity contribution in [3.63, 3.8) is 0 Å². The zero-order valence-corrected chi connectivity index (χ0v) is 13.0. The van der Waals surface area contributed by atoms with Crippen LogP contribution in [0.25, 0.3) is 0 Å². The van der Waals surface area contributed by atoms with Gasteiger partial charge in [0.25, 0.3) is 0 Å². The number of ether oxygens (including phenoxy) is 2. The van der Waals surface area contributed by atoms with E-state index in [4.69, 9.17) is 21.1 Å². The van der Waals surface area contributed by atoms with E-state index in [0.29, 0.717) is 6.79 Å². The van der Waals surface area contributed by atoms with Crippen molar-refractivity contribution in [2.24, 2.45) is 0 Å². The van der Waals surface area contributed by atoms with Crippen molar-refractivity contribution >= 4 is 27.5 Å². The van der Waals surface area contributed by atoms with E-state index in [1.54, 1.807) is 0 Å². The Hall–Kier alpha value is -1.23. The van der Waals surface area contributed by atoms with E-state index < -0.39 is 0 Å². The minimum atomic E-state index is 0.306. The predicted octanol–water partition coefficient (Wildman–Crippen LogP) is 4.12. The maximum atomic E-state index is 6.18. The highest BCUT2D eigenvalue weighted by Crippen LogP contribution is 2.32. The number of hydrogen-bond acceptors (Lipinski definition) is 3. The fourth-order valence-electron chi connectivity index (χ4n) is 2.06. The number of benzene rings is 2. The van der Waals surface area contributed by atoms with Crippen molar-refractivity contribution in [1.29, 1.82) is 0 Å². The molecule has 20 heavy (non-hydrogen) atoms. The Bertz CT molecular complexity index is 633. The van der Waals surface area contributed by atoms with E-state index in [1.807, 2.05) is 36.4 Å². The average molecular weight is 355 g/mol. The minimum Gasteiger partial charge on any atom is -0.454 e. The van der Waals surface area contributed by atoms with Crippen LogP contribution in [0, 0.1) is 0 Å². The lowest BCUT2D eigenvalue weighted by Gasteiger charge is -2.08. The molecule has 0 aromatic heterocycles. The van der Waals surface area contributed by atoms with Crippen LogP contribution in [-0.4, -0.2) is 6.79 Å². The SMILES string of the molecule is Clc1cc(Br)ccc1CNCc1ccc2c(c1)OCO2. The van der Waals surface area contributed by atoms with Gasteiger partial charge in [-0.3, -0.25) is 0 Å². The lowest BCUT2D eigenvalue weighted by Crippen LogP contribution is -2.12. The van der Waals surface area contributed by atoms with Gasteiger partial charge in [-0.1, -0.05) is 39.7 Å². The number of rotatable bonds is 4. The van der Waals surface area contributed by atoms with Gasteiger partial charge in [-0.25, -0.2) is 0 Å². The summed E-state index contributed by atoms with van der Waals surface area (Å²) in [6.07, 6.45) is 0. The second-order valence-electron chi connectivity index (χ2n) is 4.53. The van der Waals surface area contributed by atoms with Crippen molar-refractivity contribution in [3.05, 3.63) is 57.0 Å². The highest BCUT2D eigenvalue weighted by Gasteiger charge is 2.12. The summed E-state index contributed by atoms with van der Waals surface area (Å²) in [5.74, 6) is 1.62. The Kier molecular flexibility index (Phi) is 4.15. The number of halogens is 2. The molecule has 2 aromatic carbocycles. The summed E-state index contributed by atoms with van der Waals surface area (Å²) >= 11 is 9.58. The van der Waals surface area contributed by atoms with Crippen molar-refractivity contribution < 1.29 is 9.47 Å². The molecule has 0 spiro atoms. The van der Waals surface area contributed by atoms with Gasteiger partial charge in [0, 0.05) is 22.6 Å². The fraction of sp³-hybridized carbons (Fsp3) is 0.200. The van der Waals surface area contributed by atoms with E-state index in [9.17, 15) is 0 Å². The zero-order chi connectivity index (χ0) is 13.9. The largest absolute Gasteiger partial charge is 0.454 e. The number of nitrogens with one attached hydrogen (secondary N) is 1. The highest BCUT2D eigenvalue weighted by molar-refractivity contribution is 9.10. The van der Waals surface area contributed by atoms with Crippen LogP contribution in [0.3, 0.4) is 0 Å². The molecule has 0 aliphatic carbocycles. The fourth-order valence-corrected chi connectivity index (χ4v) is 2.80. The second kappa shape index (κ2) is 6.04. The molecule has 3 nitrogen and oxygen atoms in total. The molecular formula is C15H13BrClNO2. The summed E-state index contributed by atoms with van der Waals surface area (Å²) in [5, 5.41) is 4.13. The van der Waals surface area contributed by atoms with Crippen LogP contribution in [-0.2, 0) is 13.1 Å². The van der Waals surface area contributed by atoms with Crippen molar-refractivity contribution in [2.45, 2.75) is 13.1 Å². The molecular weight excluding hydrogens is 342 g/mol. The maximum Gasteiger partial charge on any atom is 0.231 e. The molecule has 5 heteroatoms. The molecule has 1 N–H and O–H groups in total. The Morgan fingerprint density at radius 1 is 1.05 bits per heavy atom. The molecule has 104 valence electrons. The zero-order valence-electron chi connectivity index (χ0n) is 10.7. The number of fused-ring (bicyclic) bond motifs is 1. The Morgan fingerprint density at radius 2 is 1.90 bits per heavy atom. The predicted molar refractivity (Wildman–Crippen MR) is 82.3 cm³/mol. The van der Waals surface area contributed by atoms with Crippen LogP contribution in [0.1, 0.15) is 11.1 Å². The molecule has 0 fully saturated rings. The van der Waals surface area contributed by atoms with Crippen LogP contribution in [0.2, 0.25) is 5.02 Å².